The number of benzene rings is 1. The van der Waals surface area contributed by atoms with E-state index in [9.17, 15) is 9.59 Å². The van der Waals surface area contributed by atoms with Crippen molar-refractivity contribution in [3.05, 3.63) is 35.4 Å². The van der Waals surface area contributed by atoms with E-state index in [0.717, 1.165) is 25.7 Å². The topological polar surface area (TPSA) is 72.2 Å². The van der Waals surface area contributed by atoms with Crippen LogP contribution in [-0.2, 0) is 0 Å². The van der Waals surface area contributed by atoms with Crippen molar-refractivity contribution >= 4 is 11.7 Å². The zero-order valence-electron chi connectivity index (χ0n) is 13.6. The summed E-state index contributed by atoms with van der Waals surface area (Å²) in [5, 5.41) is 2.91. The Bertz CT molecular complexity index is 455. The highest BCUT2D eigenvalue weighted by Crippen LogP contribution is 2.09. The van der Waals surface area contributed by atoms with Crippen LogP contribution in [0.4, 0.5) is 0 Å². The highest BCUT2D eigenvalue weighted by Gasteiger charge is 2.08. The fourth-order valence-corrected chi connectivity index (χ4v) is 2.24. The van der Waals surface area contributed by atoms with E-state index in [2.05, 4.69) is 12.2 Å². The summed E-state index contributed by atoms with van der Waals surface area (Å²) in [4.78, 5) is 23.9. The normalized spacial score (nSPS) is 10.5. The maximum Gasteiger partial charge on any atom is 0.251 e. The molecule has 0 saturated carbocycles. The number of amides is 1. The average Bonchev–Trinajstić information content (AvgIpc) is 2.54. The average molecular weight is 304 g/mol. The van der Waals surface area contributed by atoms with Crippen molar-refractivity contribution in [1.82, 2.24) is 5.32 Å². The second-order valence-corrected chi connectivity index (χ2v) is 5.56. The van der Waals surface area contributed by atoms with Crippen molar-refractivity contribution < 1.29 is 9.59 Å². The molecule has 0 unspecified atom stereocenters. The molecule has 1 rings (SSSR count). The van der Waals surface area contributed by atoms with Gasteiger partial charge in [0.05, 0.1) is 0 Å². The quantitative estimate of drug-likeness (QED) is 0.486. The third-order valence-electron chi connectivity index (χ3n) is 3.64. The molecule has 0 heterocycles. The molecule has 0 radical (unpaired) electrons. The number of carbonyl (C=O) groups is 2. The van der Waals surface area contributed by atoms with Gasteiger partial charge in [0.1, 0.15) is 0 Å². The Morgan fingerprint density at radius 2 is 1.64 bits per heavy atom. The van der Waals surface area contributed by atoms with Crippen LogP contribution in [0, 0.1) is 0 Å². The van der Waals surface area contributed by atoms with Gasteiger partial charge in [0.2, 0.25) is 0 Å². The van der Waals surface area contributed by atoms with Crippen LogP contribution in [0.2, 0.25) is 0 Å². The van der Waals surface area contributed by atoms with Crippen LogP contribution in [0.1, 0.15) is 72.6 Å². The number of hydrogen-bond donors (Lipinski definition) is 2. The van der Waals surface area contributed by atoms with Gasteiger partial charge in [-0.1, -0.05) is 38.3 Å². The standard InChI is InChI=1S/C18H28N2O2/c1-2-3-4-7-14-20-18(22)16-11-9-15(10-12-16)17(21)8-5-6-13-19/h9-12H,2-8,13-14,19H2,1H3,(H,20,22). The van der Waals surface area contributed by atoms with Gasteiger partial charge in [0, 0.05) is 24.1 Å². The van der Waals surface area contributed by atoms with Gasteiger partial charge in [-0.3, -0.25) is 9.59 Å². The van der Waals surface area contributed by atoms with Crippen LogP contribution in [0.25, 0.3) is 0 Å². The smallest absolute Gasteiger partial charge is 0.251 e. The summed E-state index contributed by atoms with van der Waals surface area (Å²) in [6.07, 6.45) is 6.75. The predicted molar refractivity (Wildman–Crippen MR) is 90.2 cm³/mol. The fourth-order valence-electron chi connectivity index (χ4n) is 2.24. The number of rotatable bonds is 11. The molecule has 0 atom stereocenters. The first-order valence-corrected chi connectivity index (χ1v) is 8.30. The number of Topliss-reactive ketones (excluding diaryl/α,β-unsaturated/α-hetero) is 1. The van der Waals surface area contributed by atoms with Crippen LogP contribution in [0.5, 0.6) is 0 Å². The number of nitrogens with one attached hydrogen (secondary N) is 1. The number of ketones is 1. The van der Waals surface area contributed by atoms with E-state index < -0.39 is 0 Å². The largest absolute Gasteiger partial charge is 0.352 e. The maximum absolute atomic E-state index is 12.0. The summed E-state index contributed by atoms with van der Waals surface area (Å²) in [5.74, 6) is 0.0404. The molecule has 4 heteroatoms. The van der Waals surface area contributed by atoms with Crippen LogP contribution in [0.15, 0.2) is 24.3 Å². The molecule has 0 spiro atoms. The Balaban J connectivity index is 2.39. The second kappa shape index (κ2) is 11.0. The highest BCUT2D eigenvalue weighted by molar-refractivity contribution is 5.98. The lowest BCUT2D eigenvalue weighted by atomic mass is 10.0. The minimum absolute atomic E-state index is 0.0707. The molecule has 122 valence electrons. The van der Waals surface area contributed by atoms with Crippen molar-refractivity contribution in [3.63, 3.8) is 0 Å². The fraction of sp³-hybridized carbons (Fsp3) is 0.556. The van der Waals surface area contributed by atoms with Crippen molar-refractivity contribution in [3.8, 4) is 0 Å². The maximum atomic E-state index is 12.0. The molecule has 22 heavy (non-hydrogen) atoms. The number of unbranched alkanes of at least 4 members (excludes halogenated alkanes) is 4. The first-order valence-electron chi connectivity index (χ1n) is 8.30. The van der Waals surface area contributed by atoms with E-state index in [1.165, 1.54) is 12.8 Å². The Morgan fingerprint density at radius 1 is 0.955 bits per heavy atom. The van der Waals surface area contributed by atoms with Gasteiger partial charge >= 0.3 is 0 Å². The van der Waals surface area contributed by atoms with E-state index in [1.807, 2.05) is 0 Å². The zero-order valence-corrected chi connectivity index (χ0v) is 13.6. The Hall–Kier alpha value is -1.68. The van der Waals surface area contributed by atoms with Gasteiger partial charge < -0.3 is 11.1 Å². The summed E-state index contributed by atoms with van der Waals surface area (Å²) in [6, 6.07) is 6.91. The molecule has 1 aromatic rings. The van der Waals surface area contributed by atoms with E-state index in [0.29, 0.717) is 30.6 Å². The Kier molecular flexibility index (Phi) is 9.15. The SMILES string of the molecule is CCCCCCNC(=O)c1ccc(C(=O)CCCCN)cc1. The lowest BCUT2D eigenvalue weighted by molar-refractivity contribution is 0.0948. The van der Waals surface area contributed by atoms with Gasteiger partial charge in [0.15, 0.2) is 5.78 Å². The van der Waals surface area contributed by atoms with Crippen molar-refractivity contribution in [1.29, 1.82) is 0 Å². The van der Waals surface area contributed by atoms with Gasteiger partial charge in [-0.05, 0) is 37.9 Å². The molecule has 0 aliphatic heterocycles. The lowest BCUT2D eigenvalue weighted by Crippen LogP contribution is -2.24. The molecule has 4 nitrogen and oxygen atoms in total. The minimum atomic E-state index is -0.0707. The molecule has 0 aliphatic carbocycles. The van der Waals surface area contributed by atoms with Crippen LogP contribution in [-0.4, -0.2) is 24.8 Å². The Morgan fingerprint density at radius 3 is 2.27 bits per heavy atom. The third-order valence-corrected chi connectivity index (χ3v) is 3.64. The third kappa shape index (κ3) is 6.85. The predicted octanol–water partition coefficient (Wildman–Crippen LogP) is 3.31. The molecular weight excluding hydrogens is 276 g/mol. The summed E-state index contributed by atoms with van der Waals surface area (Å²) >= 11 is 0. The first kappa shape index (κ1) is 18.4. The van der Waals surface area contributed by atoms with Crippen molar-refractivity contribution in [2.45, 2.75) is 51.9 Å². The molecule has 1 aromatic carbocycles. The van der Waals surface area contributed by atoms with Crippen molar-refractivity contribution in [2.75, 3.05) is 13.1 Å². The van der Waals surface area contributed by atoms with Crippen LogP contribution < -0.4 is 11.1 Å². The molecule has 0 bridgehead atoms. The van der Waals surface area contributed by atoms with Gasteiger partial charge in [-0.15, -0.1) is 0 Å². The molecule has 0 aliphatic rings. The first-order chi connectivity index (χ1) is 10.7. The second-order valence-electron chi connectivity index (χ2n) is 5.56. The molecule has 0 aromatic heterocycles. The lowest BCUT2D eigenvalue weighted by Gasteiger charge is -2.06. The number of carbonyl (C=O) groups excluding carboxylic acids is 2. The van der Waals surface area contributed by atoms with Crippen LogP contribution in [0.3, 0.4) is 0 Å². The van der Waals surface area contributed by atoms with Crippen LogP contribution >= 0.6 is 0 Å². The highest BCUT2D eigenvalue weighted by atomic mass is 16.1. The molecule has 0 fully saturated rings. The van der Waals surface area contributed by atoms with Gasteiger partial charge in [-0.25, -0.2) is 0 Å². The number of nitrogens with two attached hydrogens (primary N) is 1. The van der Waals surface area contributed by atoms with Crippen molar-refractivity contribution in [2.24, 2.45) is 5.73 Å². The summed E-state index contributed by atoms with van der Waals surface area (Å²) in [6.45, 7) is 3.49. The minimum Gasteiger partial charge on any atom is -0.352 e. The summed E-state index contributed by atoms with van der Waals surface area (Å²) in [7, 11) is 0. The van der Waals surface area contributed by atoms with E-state index >= 15 is 0 Å². The van der Waals surface area contributed by atoms with E-state index in [4.69, 9.17) is 5.73 Å². The summed E-state index contributed by atoms with van der Waals surface area (Å²) in [5.41, 5.74) is 6.69. The summed E-state index contributed by atoms with van der Waals surface area (Å²) < 4.78 is 0. The van der Waals surface area contributed by atoms with E-state index in [1.54, 1.807) is 24.3 Å². The molecule has 1 amide bonds. The molecular formula is C18H28N2O2. The Labute approximate surface area is 133 Å². The van der Waals surface area contributed by atoms with Gasteiger partial charge in [0.25, 0.3) is 5.91 Å². The van der Waals surface area contributed by atoms with Gasteiger partial charge in [-0.2, -0.15) is 0 Å². The van der Waals surface area contributed by atoms with E-state index in [-0.39, 0.29) is 11.7 Å². The monoisotopic (exact) mass is 304 g/mol. The molecule has 0 saturated heterocycles. The number of hydrogen-bond acceptors (Lipinski definition) is 3. The zero-order chi connectivity index (χ0) is 16.2. The molecule has 3 N–H and O–H groups in total.